The minimum Gasteiger partial charge on any atom is -0.507 e. The molecule has 1 aromatic rings. The third kappa shape index (κ3) is 1.70. The molecular weight excluding hydrogens is 182 g/mol. The molecule has 0 aliphatic heterocycles. The highest BCUT2D eigenvalue weighted by Gasteiger charge is 2.14. The topological polar surface area (TPSA) is 83.6 Å². The first-order chi connectivity index (χ1) is 6.61. The van der Waals surface area contributed by atoms with Gasteiger partial charge in [0, 0.05) is 6.54 Å². The lowest BCUT2D eigenvalue weighted by Crippen LogP contribution is -2.05. The van der Waals surface area contributed by atoms with Gasteiger partial charge in [-0.05, 0) is 23.6 Å². The van der Waals surface area contributed by atoms with Gasteiger partial charge in [0.1, 0.15) is 11.3 Å². The number of aromatic hydroxyl groups is 1. The molecule has 0 spiro atoms. The van der Waals surface area contributed by atoms with Crippen LogP contribution in [0.1, 0.15) is 28.4 Å². The lowest BCUT2D eigenvalue weighted by molar-refractivity contribution is 0.0693. The van der Waals surface area contributed by atoms with E-state index in [0.717, 1.165) is 5.56 Å². The van der Waals surface area contributed by atoms with E-state index in [1.165, 1.54) is 6.07 Å². The highest BCUT2D eigenvalue weighted by atomic mass is 16.4. The molecule has 76 valence electrons. The molecule has 0 aromatic heterocycles. The van der Waals surface area contributed by atoms with E-state index in [-0.39, 0.29) is 11.3 Å². The number of hydrogen-bond acceptors (Lipinski definition) is 3. The van der Waals surface area contributed by atoms with Gasteiger partial charge in [-0.2, -0.15) is 0 Å². The van der Waals surface area contributed by atoms with Crippen molar-refractivity contribution in [2.45, 2.75) is 19.9 Å². The average Bonchev–Trinajstić information content (AvgIpc) is 2.16. The van der Waals surface area contributed by atoms with Crippen molar-refractivity contribution >= 4 is 5.97 Å². The Morgan fingerprint density at radius 3 is 2.57 bits per heavy atom. The molecule has 0 fully saturated rings. The molecule has 0 unspecified atom stereocenters. The fraction of sp³-hybridized carbons (Fsp3) is 0.300. The van der Waals surface area contributed by atoms with E-state index in [1.54, 1.807) is 6.07 Å². The molecule has 0 aliphatic rings. The Bertz CT molecular complexity index is 361. The molecule has 0 atom stereocenters. The van der Waals surface area contributed by atoms with Crippen LogP contribution in [0.5, 0.6) is 5.75 Å². The third-order valence-electron chi connectivity index (χ3n) is 2.18. The van der Waals surface area contributed by atoms with Crippen molar-refractivity contribution < 1.29 is 15.0 Å². The van der Waals surface area contributed by atoms with E-state index in [0.29, 0.717) is 18.5 Å². The molecule has 4 N–H and O–H groups in total. The monoisotopic (exact) mass is 195 g/mol. The zero-order chi connectivity index (χ0) is 10.7. The predicted octanol–water partition coefficient (Wildman–Crippen LogP) is 1.11. The minimum absolute atomic E-state index is 0.0703. The second kappa shape index (κ2) is 4.11. The Kier molecular flexibility index (Phi) is 3.09. The summed E-state index contributed by atoms with van der Waals surface area (Å²) in [6.45, 7) is 2.15. The summed E-state index contributed by atoms with van der Waals surface area (Å²) in [6.07, 6.45) is 0.569. The molecule has 0 heterocycles. The van der Waals surface area contributed by atoms with E-state index in [2.05, 4.69) is 0 Å². The summed E-state index contributed by atoms with van der Waals surface area (Å²) in [7, 11) is 0. The largest absolute Gasteiger partial charge is 0.507 e. The Balaban J connectivity index is 3.34. The lowest BCUT2D eigenvalue weighted by Gasteiger charge is -2.09. The summed E-state index contributed by atoms with van der Waals surface area (Å²) < 4.78 is 0. The van der Waals surface area contributed by atoms with Gasteiger partial charge in [-0.25, -0.2) is 4.79 Å². The first-order valence-corrected chi connectivity index (χ1v) is 4.38. The fourth-order valence-electron chi connectivity index (χ4n) is 1.44. The van der Waals surface area contributed by atoms with Gasteiger partial charge in [-0.3, -0.25) is 0 Å². The van der Waals surface area contributed by atoms with Gasteiger partial charge in [-0.1, -0.05) is 13.0 Å². The van der Waals surface area contributed by atoms with Crippen molar-refractivity contribution in [3.63, 3.8) is 0 Å². The second-order valence-electron chi connectivity index (χ2n) is 2.96. The molecule has 0 bridgehead atoms. The van der Waals surface area contributed by atoms with E-state index >= 15 is 0 Å². The predicted molar refractivity (Wildman–Crippen MR) is 52.3 cm³/mol. The highest BCUT2D eigenvalue weighted by molar-refractivity contribution is 5.91. The van der Waals surface area contributed by atoms with Crippen LogP contribution in [0.25, 0.3) is 0 Å². The molecule has 0 saturated heterocycles. The molecule has 0 saturated carbocycles. The molecule has 4 heteroatoms. The van der Waals surface area contributed by atoms with Crippen LogP contribution in [0.3, 0.4) is 0 Å². The molecule has 1 aromatic carbocycles. The Morgan fingerprint density at radius 2 is 2.14 bits per heavy atom. The maximum absolute atomic E-state index is 10.7. The van der Waals surface area contributed by atoms with Gasteiger partial charge in [0.25, 0.3) is 0 Å². The van der Waals surface area contributed by atoms with Crippen LogP contribution in [0, 0.1) is 0 Å². The van der Waals surface area contributed by atoms with Gasteiger partial charge >= 0.3 is 5.97 Å². The number of nitrogens with two attached hydrogens (primary N) is 1. The number of benzene rings is 1. The fourth-order valence-corrected chi connectivity index (χ4v) is 1.44. The van der Waals surface area contributed by atoms with Crippen LogP contribution in [0.4, 0.5) is 0 Å². The van der Waals surface area contributed by atoms with Gasteiger partial charge in [-0.15, -0.1) is 0 Å². The summed E-state index contributed by atoms with van der Waals surface area (Å²) in [5.74, 6) is -1.29. The van der Waals surface area contributed by atoms with Crippen molar-refractivity contribution in [2.24, 2.45) is 5.73 Å². The zero-order valence-corrected chi connectivity index (χ0v) is 7.95. The number of aromatic carboxylic acids is 1. The van der Waals surface area contributed by atoms with Crippen LogP contribution < -0.4 is 5.73 Å². The molecule has 14 heavy (non-hydrogen) atoms. The van der Waals surface area contributed by atoms with Crippen LogP contribution >= 0.6 is 0 Å². The van der Waals surface area contributed by atoms with Crippen LogP contribution in [0.15, 0.2) is 12.1 Å². The molecule has 0 aliphatic carbocycles. The summed E-state index contributed by atoms with van der Waals surface area (Å²) in [6, 6.07) is 3.01. The van der Waals surface area contributed by atoms with Crippen LogP contribution in [-0.4, -0.2) is 16.2 Å². The Hall–Kier alpha value is -1.55. The van der Waals surface area contributed by atoms with Gasteiger partial charge in [0.2, 0.25) is 0 Å². The van der Waals surface area contributed by atoms with Gasteiger partial charge in [0.05, 0.1) is 0 Å². The number of carboxylic acid groups (broad SMARTS) is 1. The first kappa shape index (κ1) is 10.5. The maximum Gasteiger partial charge on any atom is 0.339 e. The molecule has 1 rings (SSSR count). The quantitative estimate of drug-likeness (QED) is 0.674. The summed E-state index contributed by atoms with van der Waals surface area (Å²) in [4.78, 5) is 10.7. The minimum atomic E-state index is -1.12. The number of carbonyl (C=O) groups is 1. The van der Waals surface area contributed by atoms with E-state index in [1.807, 2.05) is 6.92 Å². The van der Waals surface area contributed by atoms with E-state index in [9.17, 15) is 9.90 Å². The zero-order valence-electron chi connectivity index (χ0n) is 7.95. The summed E-state index contributed by atoms with van der Waals surface area (Å²) in [5, 5.41) is 18.4. The number of hydrogen-bond donors (Lipinski definition) is 3. The summed E-state index contributed by atoms with van der Waals surface area (Å²) >= 11 is 0. The lowest BCUT2D eigenvalue weighted by atomic mass is 10.00. The van der Waals surface area contributed by atoms with Crippen molar-refractivity contribution in [1.29, 1.82) is 0 Å². The Labute approximate surface area is 82.0 Å². The second-order valence-corrected chi connectivity index (χ2v) is 2.96. The van der Waals surface area contributed by atoms with Crippen LogP contribution in [-0.2, 0) is 13.0 Å². The van der Waals surface area contributed by atoms with Crippen molar-refractivity contribution in [3.05, 3.63) is 28.8 Å². The normalized spacial score (nSPS) is 10.1. The van der Waals surface area contributed by atoms with E-state index < -0.39 is 5.97 Å². The Morgan fingerprint density at radius 1 is 1.50 bits per heavy atom. The summed E-state index contributed by atoms with van der Waals surface area (Å²) in [5.41, 5.74) is 6.80. The SMILES string of the molecule is CCc1c(CN)ccc(C(=O)O)c1O. The van der Waals surface area contributed by atoms with Crippen molar-refractivity contribution in [3.8, 4) is 5.75 Å². The van der Waals surface area contributed by atoms with Gasteiger partial charge < -0.3 is 15.9 Å². The first-order valence-electron chi connectivity index (χ1n) is 4.38. The molecular formula is C10H13NO3. The average molecular weight is 195 g/mol. The van der Waals surface area contributed by atoms with Crippen molar-refractivity contribution in [1.82, 2.24) is 0 Å². The van der Waals surface area contributed by atoms with Gasteiger partial charge in [0.15, 0.2) is 0 Å². The highest BCUT2D eigenvalue weighted by Crippen LogP contribution is 2.26. The standard InChI is InChI=1S/C10H13NO3/c1-2-7-6(5-11)3-4-8(9(7)12)10(13)14/h3-4,12H,2,5,11H2,1H3,(H,13,14). The smallest absolute Gasteiger partial charge is 0.339 e. The number of rotatable bonds is 3. The maximum atomic E-state index is 10.7. The molecule has 4 nitrogen and oxygen atoms in total. The number of phenols is 1. The molecule has 0 amide bonds. The molecule has 0 radical (unpaired) electrons. The third-order valence-corrected chi connectivity index (χ3v) is 2.18. The van der Waals surface area contributed by atoms with E-state index in [4.69, 9.17) is 10.8 Å². The van der Waals surface area contributed by atoms with Crippen molar-refractivity contribution in [2.75, 3.05) is 0 Å². The number of carboxylic acids is 1. The van der Waals surface area contributed by atoms with Crippen LogP contribution in [0.2, 0.25) is 0 Å².